The van der Waals surface area contributed by atoms with Crippen molar-refractivity contribution in [1.29, 1.82) is 0 Å². The molecule has 3 nitrogen and oxygen atoms in total. The van der Waals surface area contributed by atoms with Crippen LogP contribution in [0, 0.1) is 0 Å². The van der Waals surface area contributed by atoms with Gasteiger partial charge in [0.15, 0.2) is 11.5 Å². The van der Waals surface area contributed by atoms with Crippen LogP contribution in [0.4, 0.5) is 0 Å². The maximum Gasteiger partial charge on any atom is 0.343 e. The molecule has 1 aliphatic heterocycles. The largest absolute Gasteiger partial charge is 0.489 e. The molecule has 2 aromatic carbocycles. The lowest BCUT2D eigenvalue weighted by atomic mass is 10.1. The summed E-state index contributed by atoms with van der Waals surface area (Å²) in [5.74, 6) is 0.854. The molecule has 0 N–H and O–H groups in total. The lowest BCUT2D eigenvalue weighted by Gasteiger charge is -2.19. The van der Waals surface area contributed by atoms with Gasteiger partial charge in [0.05, 0.1) is 12.2 Å². The Morgan fingerprint density at radius 2 is 1.89 bits per heavy atom. The molecule has 0 aliphatic carbocycles. The minimum atomic E-state index is -0.358. The minimum Gasteiger partial charge on any atom is -0.489 e. The van der Waals surface area contributed by atoms with E-state index in [1.54, 1.807) is 18.2 Å². The zero-order chi connectivity index (χ0) is 13.1. The van der Waals surface area contributed by atoms with Gasteiger partial charge in [0.1, 0.15) is 0 Å². The average molecular weight is 254 g/mol. The summed E-state index contributed by atoms with van der Waals surface area (Å²) >= 11 is 0. The van der Waals surface area contributed by atoms with E-state index in [0.717, 1.165) is 18.4 Å². The van der Waals surface area contributed by atoms with Crippen molar-refractivity contribution in [1.82, 2.24) is 0 Å². The van der Waals surface area contributed by atoms with Crippen LogP contribution in [0.3, 0.4) is 0 Å². The van der Waals surface area contributed by atoms with E-state index >= 15 is 0 Å². The predicted octanol–water partition coefficient (Wildman–Crippen LogP) is 3.23. The van der Waals surface area contributed by atoms with Crippen molar-refractivity contribution < 1.29 is 14.3 Å². The van der Waals surface area contributed by atoms with Crippen molar-refractivity contribution in [2.24, 2.45) is 0 Å². The zero-order valence-electron chi connectivity index (χ0n) is 10.5. The minimum absolute atomic E-state index is 0.358. The average Bonchev–Trinajstić information content (AvgIpc) is 2.48. The van der Waals surface area contributed by atoms with E-state index in [-0.39, 0.29) is 5.97 Å². The van der Waals surface area contributed by atoms with Crippen molar-refractivity contribution in [3.63, 3.8) is 0 Å². The molecular formula is C16H14O3. The van der Waals surface area contributed by atoms with E-state index in [4.69, 9.17) is 9.47 Å². The van der Waals surface area contributed by atoms with Gasteiger partial charge < -0.3 is 9.47 Å². The van der Waals surface area contributed by atoms with Crippen LogP contribution in [-0.2, 0) is 6.42 Å². The highest BCUT2D eigenvalue weighted by atomic mass is 16.6. The van der Waals surface area contributed by atoms with Gasteiger partial charge in [-0.1, -0.05) is 30.3 Å². The molecule has 0 amide bonds. The van der Waals surface area contributed by atoms with Crippen LogP contribution in [0.5, 0.6) is 11.5 Å². The quantitative estimate of drug-likeness (QED) is 0.609. The van der Waals surface area contributed by atoms with Gasteiger partial charge >= 0.3 is 5.97 Å². The second kappa shape index (κ2) is 5.14. The fraction of sp³-hybridized carbons (Fsp3) is 0.188. The summed E-state index contributed by atoms with van der Waals surface area (Å²) in [5, 5.41) is 0. The molecule has 1 heterocycles. The van der Waals surface area contributed by atoms with Crippen LogP contribution in [0.15, 0.2) is 48.5 Å². The number of hydrogen-bond acceptors (Lipinski definition) is 3. The van der Waals surface area contributed by atoms with Crippen LogP contribution in [0.2, 0.25) is 0 Å². The molecule has 0 fully saturated rings. The van der Waals surface area contributed by atoms with Gasteiger partial charge in [0.25, 0.3) is 0 Å². The lowest BCUT2D eigenvalue weighted by molar-refractivity contribution is 0.0727. The van der Waals surface area contributed by atoms with Crippen molar-refractivity contribution in [3.8, 4) is 11.5 Å². The second-order valence-corrected chi connectivity index (χ2v) is 4.45. The Morgan fingerprint density at radius 3 is 2.74 bits per heavy atom. The smallest absolute Gasteiger partial charge is 0.343 e. The Balaban J connectivity index is 1.86. The molecule has 3 rings (SSSR count). The number of para-hydroxylation sites is 1. The monoisotopic (exact) mass is 254 g/mol. The standard InChI is InChI=1S/C16H14O3/c17-16(13-6-2-1-3-7-13)19-14-10-4-8-12-9-5-11-18-15(12)14/h1-4,6-8,10H,5,9,11H2. The summed E-state index contributed by atoms with van der Waals surface area (Å²) in [7, 11) is 0. The number of rotatable bonds is 2. The van der Waals surface area contributed by atoms with Gasteiger partial charge in [-0.05, 0) is 36.6 Å². The molecule has 2 aromatic rings. The number of esters is 1. The molecule has 3 heteroatoms. The highest BCUT2D eigenvalue weighted by Crippen LogP contribution is 2.35. The number of aryl methyl sites for hydroxylation is 1. The molecule has 0 spiro atoms. The highest BCUT2D eigenvalue weighted by molar-refractivity contribution is 5.91. The van der Waals surface area contributed by atoms with E-state index in [2.05, 4.69) is 0 Å². The fourth-order valence-electron chi connectivity index (χ4n) is 2.17. The van der Waals surface area contributed by atoms with Crippen LogP contribution >= 0.6 is 0 Å². The first-order valence-electron chi connectivity index (χ1n) is 6.36. The number of carbonyl (C=O) groups is 1. The summed E-state index contributed by atoms with van der Waals surface area (Å²) in [5.41, 5.74) is 1.64. The summed E-state index contributed by atoms with van der Waals surface area (Å²) in [6.45, 7) is 0.674. The number of carbonyl (C=O) groups excluding carboxylic acids is 1. The molecule has 0 aromatic heterocycles. The molecule has 0 atom stereocenters. The van der Waals surface area contributed by atoms with Crippen molar-refractivity contribution in [3.05, 3.63) is 59.7 Å². The van der Waals surface area contributed by atoms with Crippen LogP contribution in [0.25, 0.3) is 0 Å². The van der Waals surface area contributed by atoms with Gasteiger partial charge in [-0.2, -0.15) is 0 Å². The van der Waals surface area contributed by atoms with Gasteiger partial charge in [-0.25, -0.2) is 4.79 Å². The Labute approximate surface area is 111 Å². The van der Waals surface area contributed by atoms with Gasteiger partial charge in [0, 0.05) is 0 Å². The topological polar surface area (TPSA) is 35.5 Å². The Hall–Kier alpha value is -2.29. The summed E-state index contributed by atoms with van der Waals surface area (Å²) in [6, 6.07) is 14.6. The first kappa shape index (κ1) is 11.8. The molecule has 0 bridgehead atoms. The van der Waals surface area contributed by atoms with Crippen molar-refractivity contribution >= 4 is 5.97 Å². The third-order valence-corrected chi connectivity index (χ3v) is 3.11. The van der Waals surface area contributed by atoms with Crippen molar-refractivity contribution in [2.45, 2.75) is 12.8 Å². The van der Waals surface area contributed by atoms with Crippen LogP contribution < -0.4 is 9.47 Å². The Kier molecular flexibility index (Phi) is 3.19. The van der Waals surface area contributed by atoms with E-state index in [9.17, 15) is 4.79 Å². The number of ether oxygens (including phenoxy) is 2. The van der Waals surface area contributed by atoms with E-state index in [1.807, 2.05) is 30.3 Å². The lowest BCUT2D eigenvalue weighted by Crippen LogP contribution is -2.13. The predicted molar refractivity (Wildman–Crippen MR) is 71.7 cm³/mol. The SMILES string of the molecule is O=C(Oc1cccc2c1OCCC2)c1ccccc1. The molecule has 0 unspecified atom stereocenters. The van der Waals surface area contributed by atoms with Crippen LogP contribution in [-0.4, -0.2) is 12.6 Å². The molecule has 19 heavy (non-hydrogen) atoms. The number of benzene rings is 2. The molecular weight excluding hydrogens is 240 g/mol. The highest BCUT2D eigenvalue weighted by Gasteiger charge is 2.18. The summed E-state index contributed by atoms with van der Waals surface area (Å²) in [4.78, 5) is 12.0. The Morgan fingerprint density at radius 1 is 1.05 bits per heavy atom. The normalized spacial score (nSPS) is 13.3. The van der Waals surface area contributed by atoms with Crippen molar-refractivity contribution in [2.75, 3.05) is 6.61 Å². The molecule has 1 aliphatic rings. The first-order chi connectivity index (χ1) is 9.34. The van der Waals surface area contributed by atoms with E-state index < -0.39 is 0 Å². The summed E-state index contributed by atoms with van der Waals surface area (Å²) in [6.07, 6.45) is 1.97. The van der Waals surface area contributed by atoms with Gasteiger partial charge in [-0.15, -0.1) is 0 Å². The molecule has 0 saturated heterocycles. The second-order valence-electron chi connectivity index (χ2n) is 4.45. The molecule has 0 radical (unpaired) electrons. The molecule has 96 valence electrons. The maximum atomic E-state index is 12.0. The van der Waals surface area contributed by atoms with Gasteiger partial charge in [0.2, 0.25) is 0 Å². The van der Waals surface area contributed by atoms with Gasteiger partial charge in [-0.3, -0.25) is 0 Å². The maximum absolute atomic E-state index is 12.0. The van der Waals surface area contributed by atoms with E-state index in [0.29, 0.717) is 23.7 Å². The molecule has 0 saturated carbocycles. The first-order valence-corrected chi connectivity index (χ1v) is 6.36. The van der Waals surface area contributed by atoms with E-state index in [1.165, 1.54) is 0 Å². The van der Waals surface area contributed by atoms with Crippen LogP contribution in [0.1, 0.15) is 22.3 Å². The third kappa shape index (κ3) is 2.45. The number of hydrogen-bond donors (Lipinski definition) is 0. The summed E-state index contributed by atoms with van der Waals surface area (Å²) < 4.78 is 11.0. The zero-order valence-corrected chi connectivity index (χ0v) is 10.5. The third-order valence-electron chi connectivity index (χ3n) is 3.11. The number of fused-ring (bicyclic) bond motifs is 1. The fourth-order valence-corrected chi connectivity index (χ4v) is 2.17. The Bertz CT molecular complexity index is 590.